The van der Waals surface area contributed by atoms with Gasteiger partial charge >= 0.3 is 12.3 Å². The second-order valence-electron chi connectivity index (χ2n) is 5.74. The van der Waals surface area contributed by atoms with Gasteiger partial charge in [0.2, 0.25) is 0 Å². The van der Waals surface area contributed by atoms with E-state index in [9.17, 15) is 18.0 Å². The van der Waals surface area contributed by atoms with Crippen LogP contribution in [-0.4, -0.2) is 24.0 Å². The second-order valence-corrected chi connectivity index (χ2v) is 5.74. The Morgan fingerprint density at radius 3 is 2.54 bits per heavy atom. The minimum atomic E-state index is -4.85. The molecule has 0 aliphatic heterocycles. The summed E-state index contributed by atoms with van der Waals surface area (Å²) in [4.78, 5) is 10.5. The average Bonchev–Trinajstić information content (AvgIpc) is 2.51. The average molecular weight is 344 g/mol. The highest BCUT2D eigenvalue weighted by Gasteiger charge is 2.32. The van der Waals surface area contributed by atoms with Crippen molar-refractivity contribution < 1.29 is 32.5 Å². The Balaban J connectivity index is 2.13. The molecule has 0 spiro atoms. The highest BCUT2D eigenvalue weighted by molar-refractivity contribution is 5.85. The molecule has 0 atom stereocenters. The van der Waals surface area contributed by atoms with Gasteiger partial charge in [0.05, 0.1) is 6.61 Å². The van der Waals surface area contributed by atoms with Gasteiger partial charge in [-0.1, -0.05) is 25.3 Å². The molecule has 7 heteroatoms. The molecule has 1 fully saturated rings. The number of rotatable bonds is 6. The maximum absolute atomic E-state index is 12.6. The Morgan fingerprint density at radius 2 is 1.92 bits per heavy atom. The van der Waals surface area contributed by atoms with E-state index >= 15 is 0 Å². The number of benzene rings is 1. The highest BCUT2D eigenvalue weighted by atomic mass is 19.4. The summed E-state index contributed by atoms with van der Waals surface area (Å²) in [6, 6.07) is 3.97. The van der Waals surface area contributed by atoms with Gasteiger partial charge in [-0.15, -0.1) is 13.2 Å². The number of halogens is 3. The van der Waals surface area contributed by atoms with Crippen LogP contribution in [-0.2, 0) is 4.79 Å². The summed E-state index contributed by atoms with van der Waals surface area (Å²) in [5.74, 6) is -1.31. The molecule has 24 heavy (non-hydrogen) atoms. The zero-order chi connectivity index (χ0) is 17.6. The van der Waals surface area contributed by atoms with Crippen molar-refractivity contribution in [1.29, 1.82) is 0 Å². The molecule has 0 amide bonds. The zero-order valence-electron chi connectivity index (χ0n) is 13.0. The first kappa shape index (κ1) is 18.2. The molecular formula is C17H19F3O4. The van der Waals surface area contributed by atoms with Crippen LogP contribution in [0.5, 0.6) is 11.5 Å². The van der Waals surface area contributed by atoms with Gasteiger partial charge in [0.1, 0.15) is 0 Å². The van der Waals surface area contributed by atoms with Crippen LogP contribution in [0.1, 0.15) is 37.7 Å². The van der Waals surface area contributed by atoms with Crippen LogP contribution in [0.3, 0.4) is 0 Å². The SMILES string of the molecule is O=C(O)/C=C/c1ccc(OCC2CCCCC2)c(OC(F)(F)F)c1. The Morgan fingerprint density at radius 1 is 1.21 bits per heavy atom. The van der Waals surface area contributed by atoms with Crippen LogP contribution >= 0.6 is 0 Å². The molecule has 132 valence electrons. The summed E-state index contributed by atoms with van der Waals surface area (Å²) in [7, 11) is 0. The van der Waals surface area contributed by atoms with Crippen molar-refractivity contribution in [1.82, 2.24) is 0 Å². The Bertz CT molecular complexity index is 590. The van der Waals surface area contributed by atoms with Crippen molar-refractivity contribution in [2.45, 2.75) is 38.5 Å². The third-order valence-corrected chi connectivity index (χ3v) is 3.81. The highest BCUT2D eigenvalue weighted by Crippen LogP contribution is 2.34. The van der Waals surface area contributed by atoms with Crippen molar-refractivity contribution in [3.63, 3.8) is 0 Å². The Labute approximate surface area is 137 Å². The topological polar surface area (TPSA) is 55.8 Å². The summed E-state index contributed by atoms with van der Waals surface area (Å²) in [6.45, 7) is 0.346. The van der Waals surface area contributed by atoms with Gasteiger partial charge < -0.3 is 14.6 Å². The fraction of sp³-hybridized carbons (Fsp3) is 0.471. The summed E-state index contributed by atoms with van der Waals surface area (Å²) >= 11 is 0. The van der Waals surface area contributed by atoms with Crippen molar-refractivity contribution >= 4 is 12.0 Å². The number of carbonyl (C=O) groups is 1. The lowest BCUT2D eigenvalue weighted by Gasteiger charge is -2.22. The smallest absolute Gasteiger partial charge is 0.489 e. The molecular weight excluding hydrogens is 325 g/mol. The second kappa shape index (κ2) is 8.08. The summed E-state index contributed by atoms with van der Waals surface area (Å²) in [5, 5.41) is 8.59. The fourth-order valence-electron chi connectivity index (χ4n) is 2.68. The zero-order valence-corrected chi connectivity index (χ0v) is 13.0. The first-order valence-corrected chi connectivity index (χ1v) is 7.77. The van der Waals surface area contributed by atoms with E-state index in [0.717, 1.165) is 37.8 Å². The minimum Gasteiger partial charge on any atom is -0.489 e. The van der Waals surface area contributed by atoms with E-state index in [2.05, 4.69) is 4.74 Å². The van der Waals surface area contributed by atoms with E-state index in [1.165, 1.54) is 24.6 Å². The number of hydrogen-bond acceptors (Lipinski definition) is 3. The monoisotopic (exact) mass is 344 g/mol. The van der Waals surface area contributed by atoms with Gasteiger partial charge in [0.25, 0.3) is 0 Å². The number of ether oxygens (including phenoxy) is 2. The van der Waals surface area contributed by atoms with E-state index in [1.54, 1.807) is 0 Å². The molecule has 1 aromatic carbocycles. The van der Waals surface area contributed by atoms with Crippen molar-refractivity contribution in [2.75, 3.05) is 6.61 Å². The lowest BCUT2D eigenvalue weighted by Crippen LogP contribution is -2.19. The van der Waals surface area contributed by atoms with Crippen LogP contribution in [0.4, 0.5) is 13.2 Å². The van der Waals surface area contributed by atoms with Gasteiger partial charge in [0.15, 0.2) is 11.5 Å². The van der Waals surface area contributed by atoms with Crippen LogP contribution in [0.25, 0.3) is 6.08 Å². The molecule has 1 aliphatic carbocycles. The van der Waals surface area contributed by atoms with E-state index in [0.29, 0.717) is 12.5 Å². The number of alkyl halides is 3. The van der Waals surface area contributed by atoms with E-state index in [1.807, 2.05) is 0 Å². The van der Waals surface area contributed by atoms with Crippen LogP contribution in [0, 0.1) is 5.92 Å². The molecule has 0 heterocycles. The number of carboxylic acids is 1. The predicted octanol–water partition coefficient (Wildman–Crippen LogP) is 4.64. The van der Waals surface area contributed by atoms with Crippen LogP contribution in [0.2, 0.25) is 0 Å². The number of carboxylic acid groups (broad SMARTS) is 1. The molecule has 2 rings (SSSR count). The Kier molecular flexibility index (Phi) is 6.11. The van der Waals surface area contributed by atoms with Crippen LogP contribution < -0.4 is 9.47 Å². The molecule has 0 aromatic heterocycles. The van der Waals surface area contributed by atoms with E-state index in [4.69, 9.17) is 9.84 Å². The molecule has 1 aromatic rings. The van der Waals surface area contributed by atoms with Gasteiger partial charge in [-0.3, -0.25) is 0 Å². The van der Waals surface area contributed by atoms with Gasteiger partial charge in [0, 0.05) is 6.08 Å². The Hall–Kier alpha value is -2.18. The van der Waals surface area contributed by atoms with Gasteiger partial charge in [-0.2, -0.15) is 0 Å². The van der Waals surface area contributed by atoms with E-state index in [-0.39, 0.29) is 11.3 Å². The first-order chi connectivity index (χ1) is 11.3. The maximum Gasteiger partial charge on any atom is 0.573 e. The van der Waals surface area contributed by atoms with Gasteiger partial charge in [-0.05, 0) is 42.5 Å². The minimum absolute atomic E-state index is 0.00498. The van der Waals surface area contributed by atoms with Gasteiger partial charge in [-0.25, -0.2) is 4.79 Å². The molecule has 1 saturated carbocycles. The van der Waals surface area contributed by atoms with Crippen LogP contribution in [0.15, 0.2) is 24.3 Å². The maximum atomic E-state index is 12.6. The third kappa shape index (κ3) is 6.14. The van der Waals surface area contributed by atoms with Crippen molar-refractivity contribution in [3.8, 4) is 11.5 Å². The largest absolute Gasteiger partial charge is 0.573 e. The molecule has 0 radical (unpaired) electrons. The summed E-state index contributed by atoms with van der Waals surface area (Å²) in [5.41, 5.74) is 0.279. The normalized spacial score (nSPS) is 16.3. The quantitative estimate of drug-likeness (QED) is 0.764. The predicted molar refractivity (Wildman–Crippen MR) is 81.9 cm³/mol. The lowest BCUT2D eigenvalue weighted by molar-refractivity contribution is -0.275. The lowest BCUT2D eigenvalue weighted by atomic mass is 9.90. The number of hydrogen-bond donors (Lipinski definition) is 1. The number of aliphatic carboxylic acids is 1. The molecule has 1 N–H and O–H groups in total. The van der Waals surface area contributed by atoms with Crippen molar-refractivity contribution in [2.24, 2.45) is 5.92 Å². The molecule has 1 aliphatic rings. The van der Waals surface area contributed by atoms with Crippen molar-refractivity contribution in [3.05, 3.63) is 29.8 Å². The molecule has 0 saturated heterocycles. The fourth-order valence-corrected chi connectivity index (χ4v) is 2.68. The summed E-state index contributed by atoms with van der Waals surface area (Å²) in [6.07, 6.45) is 2.61. The third-order valence-electron chi connectivity index (χ3n) is 3.81. The standard InChI is InChI=1S/C17H19F3O4/c18-17(19,20)24-15-10-12(7-9-16(21)22)6-8-14(15)23-11-13-4-2-1-3-5-13/h6-10,13H,1-5,11H2,(H,21,22)/b9-7+. The molecule has 4 nitrogen and oxygen atoms in total. The molecule has 0 bridgehead atoms. The first-order valence-electron chi connectivity index (χ1n) is 7.77. The molecule has 0 unspecified atom stereocenters. The van der Waals surface area contributed by atoms with E-state index < -0.39 is 18.1 Å². The summed E-state index contributed by atoms with van der Waals surface area (Å²) < 4.78 is 47.3.